The van der Waals surface area contributed by atoms with Crippen molar-refractivity contribution in [3.63, 3.8) is 0 Å². The molecule has 2 aromatic rings. The van der Waals surface area contributed by atoms with Crippen molar-refractivity contribution in [1.29, 1.82) is 0 Å². The van der Waals surface area contributed by atoms with E-state index in [4.69, 9.17) is 9.15 Å². The number of hydrogen-bond acceptors (Lipinski definition) is 4. The van der Waals surface area contributed by atoms with Crippen molar-refractivity contribution in [3.8, 4) is 11.5 Å². The summed E-state index contributed by atoms with van der Waals surface area (Å²) in [5, 5.41) is 10.5. The van der Waals surface area contributed by atoms with Crippen molar-refractivity contribution in [2.75, 3.05) is 7.11 Å². The van der Waals surface area contributed by atoms with Crippen LogP contribution in [0.4, 0.5) is 0 Å². The summed E-state index contributed by atoms with van der Waals surface area (Å²) in [5.74, 6) is 0.804. The third-order valence-electron chi connectivity index (χ3n) is 3.38. The Kier molecular flexibility index (Phi) is 5.41. The lowest BCUT2D eigenvalue weighted by Crippen LogP contribution is -2.00. The predicted octanol–water partition coefficient (Wildman–Crippen LogP) is 4.40. The van der Waals surface area contributed by atoms with Crippen molar-refractivity contribution in [2.45, 2.75) is 20.3 Å². The van der Waals surface area contributed by atoms with Gasteiger partial charge in [0.1, 0.15) is 17.3 Å². The molecule has 1 aromatic carbocycles. The quantitative estimate of drug-likeness (QED) is 0.488. The van der Waals surface area contributed by atoms with Gasteiger partial charge >= 0.3 is 0 Å². The van der Waals surface area contributed by atoms with Gasteiger partial charge in [-0.15, -0.1) is 0 Å². The molecule has 0 unspecified atom stereocenters. The Balaban J connectivity index is 2.33. The van der Waals surface area contributed by atoms with Crippen LogP contribution in [0.3, 0.4) is 0 Å². The predicted molar refractivity (Wildman–Crippen MR) is 89.9 cm³/mol. The van der Waals surface area contributed by atoms with Crippen molar-refractivity contribution in [2.24, 2.45) is 0 Å². The van der Waals surface area contributed by atoms with Crippen LogP contribution in [-0.2, 0) is 6.42 Å². The number of methoxy groups -OCH3 is 1. The highest BCUT2D eigenvalue weighted by molar-refractivity contribution is 6.08. The smallest absolute Gasteiger partial charge is 0.189 e. The van der Waals surface area contributed by atoms with Crippen molar-refractivity contribution in [1.82, 2.24) is 0 Å². The molecule has 0 saturated heterocycles. The summed E-state index contributed by atoms with van der Waals surface area (Å²) in [6.07, 6.45) is 6.96. The first kappa shape index (κ1) is 16.6. The Morgan fingerprint density at radius 1 is 1.30 bits per heavy atom. The molecule has 0 fully saturated rings. The number of phenols is 1. The third kappa shape index (κ3) is 4.13. The molecule has 0 aliphatic rings. The number of furan rings is 1. The molecular weight excluding hydrogens is 292 g/mol. The van der Waals surface area contributed by atoms with Crippen LogP contribution < -0.4 is 4.74 Å². The minimum absolute atomic E-state index is 0.0454. The summed E-state index contributed by atoms with van der Waals surface area (Å²) in [7, 11) is 1.54. The maximum atomic E-state index is 12.3. The summed E-state index contributed by atoms with van der Waals surface area (Å²) in [6.45, 7) is 3.95. The van der Waals surface area contributed by atoms with E-state index in [1.807, 2.05) is 19.9 Å². The molecule has 0 saturated carbocycles. The van der Waals surface area contributed by atoms with E-state index < -0.39 is 0 Å². The number of carbonyl (C=O) groups excluding carboxylic acids is 1. The van der Waals surface area contributed by atoms with E-state index in [0.29, 0.717) is 23.5 Å². The molecule has 0 amide bonds. The van der Waals surface area contributed by atoms with Crippen LogP contribution in [0.15, 0.2) is 52.7 Å². The standard InChI is InChI=1S/C19H20O4/c1-13(2)6-8-16-18(22-3)11-9-15(19(16)21)17(20)10-7-14-5-4-12-23-14/h4-7,9-12,21H,8H2,1-3H3. The molecule has 0 aliphatic carbocycles. The number of allylic oxidation sites excluding steroid dienone is 3. The Morgan fingerprint density at radius 3 is 2.70 bits per heavy atom. The van der Waals surface area contributed by atoms with Gasteiger partial charge in [-0.3, -0.25) is 4.79 Å². The van der Waals surface area contributed by atoms with Crippen LogP contribution in [0.2, 0.25) is 0 Å². The molecule has 120 valence electrons. The molecule has 23 heavy (non-hydrogen) atoms. The Hall–Kier alpha value is -2.75. The maximum absolute atomic E-state index is 12.3. The molecule has 0 atom stereocenters. The molecular formula is C19H20O4. The van der Waals surface area contributed by atoms with Gasteiger partial charge in [-0.25, -0.2) is 0 Å². The molecule has 0 aliphatic heterocycles. The summed E-state index contributed by atoms with van der Waals surface area (Å²) >= 11 is 0. The second-order valence-corrected chi connectivity index (χ2v) is 5.34. The number of benzene rings is 1. The van der Waals surface area contributed by atoms with Gasteiger partial charge in [-0.2, -0.15) is 0 Å². The number of ketones is 1. The minimum Gasteiger partial charge on any atom is -0.507 e. The average molecular weight is 312 g/mol. The highest BCUT2D eigenvalue weighted by Gasteiger charge is 2.16. The van der Waals surface area contributed by atoms with E-state index in [2.05, 4.69) is 0 Å². The number of rotatable bonds is 6. The number of phenolic OH excluding ortho intramolecular Hbond substituents is 1. The highest BCUT2D eigenvalue weighted by atomic mass is 16.5. The lowest BCUT2D eigenvalue weighted by atomic mass is 10.0. The number of hydrogen-bond donors (Lipinski definition) is 1. The lowest BCUT2D eigenvalue weighted by molar-refractivity contribution is 0.104. The topological polar surface area (TPSA) is 59.7 Å². The number of carbonyl (C=O) groups is 1. The Labute approximate surface area is 135 Å². The SMILES string of the molecule is COc1ccc(C(=O)C=Cc2ccco2)c(O)c1CC=C(C)C. The van der Waals surface area contributed by atoms with E-state index in [0.717, 1.165) is 5.57 Å². The van der Waals surface area contributed by atoms with E-state index in [1.54, 1.807) is 37.5 Å². The molecule has 0 spiro atoms. The fraction of sp³-hybridized carbons (Fsp3) is 0.211. The first-order valence-corrected chi connectivity index (χ1v) is 7.31. The van der Waals surface area contributed by atoms with E-state index >= 15 is 0 Å². The molecule has 4 heteroatoms. The summed E-state index contributed by atoms with van der Waals surface area (Å²) < 4.78 is 10.4. The van der Waals surface area contributed by atoms with Crippen LogP contribution in [0.25, 0.3) is 6.08 Å². The van der Waals surface area contributed by atoms with Crippen LogP contribution >= 0.6 is 0 Å². The monoisotopic (exact) mass is 312 g/mol. The van der Waals surface area contributed by atoms with E-state index in [9.17, 15) is 9.90 Å². The van der Waals surface area contributed by atoms with Crippen molar-refractivity contribution in [3.05, 3.63) is 65.1 Å². The minimum atomic E-state index is -0.292. The van der Waals surface area contributed by atoms with Crippen molar-refractivity contribution < 1.29 is 19.1 Å². The van der Waals surface area contributed by atoms with Crippen LogP contribution in [0.1, 0.15) is 35.5 Å². The number of aromatic hydroxyl groups is 1. The zero-order valence-corrected chi connectivity index (χ0v) is 13.5. The van der Waals surface area contributed by atoms with E-state index in [1.165, 1.54) is 12.3 Å². The van der Waals surface area contributed by atoms with Gasteiger partial charge in [0.05, 0.1) is 18.9 Å². The third-order valence-corrected chi connectivity index (χ3v) is 3.38. The molecule has 1 aromatic heterocycles. The second-order valence-electron chi connectivity index (χ2n) is 5.34. The molecule has 2 rings (SSSR count). The van der Waals surface area contributed by atoms with Gasteiger partial charge in [0.25, 0.3) is 0 Å². The molecule has 0 radical (unpaired) electrons. The first-order valence-electron chi connectivity index (χ1n) is 7.31. The van der Waals surface area contributed by atoms with Gasteiger partial charge in [-0.1, -0.05) is 11.6 Å². The average Bonchev–Trinajstić information content (AvgIpc) is 3.04. The van der Waals surface area contributed by atoms with Gasteiger partial charge < -0.3 is 14.3 Å². The van der Waals surface area contributed by atoms with E-state index in [-0.39, 0.29) is 17.1 Å². The fourth-order valence-corrected chi connectivity index (χ4v) is 2.15. The fourth-order valence-electron chi connectivity index (χ4n) is 2.15. The van der Waals surface area contributed by atoms with Crippen molar-refractivity contribution >= 4 is 11.9 Å². The van der Waals surface area contributed by atoms with Gasteiger partial charge in [0, 0.05) is 5.56 Å². The summed E-state index contributed by atoms with van der Waals surface area (Å²) in [5.41, 5.74) is 1.97. The van der Waals surface area contributed by atoms with Gasteiger partial charge in [0.15, 0.2) is 5.78 Å². The zero-order chi connectivity index (χ0) is 16.8. The molecule has 4 nitrogen and oxygen atoms in total. The van der Waals surface area contributed by atoms with Crippen LogP contribution in [0, 0.1) is 0 Å². The van der Waals surface area contributed by atoms with Gasteiger partial charge in [-0.05, 0) is 56.7 Å². The highest BCUT2D eigenvalue weighted by Crippen LogP contribution is 2.32. The Morgan fingerprint density at radius 2 is 2.09 bits per heavy atom. The molecule has 0 bridgehead atoms. The normalized spacial score (nSPS) is 10.7. The van der Waals surface area contributed by atoms with Crippen LogP contribution in [0.5, 0.6) is 11.5 Å². The Bertz CT molecular complexity index is 733. The van der Waals surface area contributed by atoms with Crippen LogP contribution in [-0.4, -0.2) is 18.0 Å². The second kappa shape index (κ2) is 7.49. The van der Waals surface area contributed by atoms with Gasteiger partial charge in [0.2, 0.25) is 0 Å². The number of ether oxygens (including phenoxy) is 1. The summed E-state index contributed by atoms with van der Waals surface area (Å²) in [4.78, 5) is 12.3. The first-order chi connectivity index (χ1) is 11.0. The molecule has 1 N–H and O–H groups in total. The lowest BCUT2D eigenvalue weighted by Gasteiger charge is -2.12. The zero-order valence-electron chi connectivity index (χ0n) is 13.5. The summed E-state index contributed by atoms with van der Waals surface area (Å²) in [6, 6.07) is 6.75. The maximum Gasteiger partial charge on any atom is 0.189 e. The molecule has 1 heterocycles. The largest absolute Gasteiger partial charge is 0.507 e.